The van der Waals surface area contributed by atoms with Crippen molar-refractivity contribution in [2.45, 2.75) is 19.8 Å². The normalized spacial score (nSPS) is 10.2. The summed E-state index contributed by atoms with van der Waals surface area (Å²) >= 11 is 0. The minimum Gasteiger partial charge on any atom is -0.489 e. The average Bonchev–Trinajstić information content (AvgIpc) is 2.34. The number of nitrogen functional groups attached to an aromatic ring is 1. The maximum atomic E-state index is 7.39. The smallest absolute Gasteiger partial charge is 0.148 e. The van der Waals surface area contributed by atoms with Gasteiger partial charge in [0.1, 0.15) is 18.2 Å². The summed E-state index contributed by atoms with van der Waals surface area (Å²) in [5, 5.41) is 7.39. The van der Waals surface area contributed by atoms with E-state index in [0.29, 0.717) is 24.5 Å². The molecule has 0 aliphatic rings. The van der Waals surface area contributed by atoms with Gasteiger partial charge in [-0.1, -0.05) is 13.3 Å². The number of ether oxygens (including phenoxy) is 2. The number of hydrogen-bond acceptors (Lipinski definition) is 4. The van der Waals surface area contributed by atoms with Crippen molar-refractivity contribution in [2.24, 2.45) is 5.73 Å². The molecule has 0 fully saturated rings. The third-order valence-electron chi connectivity index (χ3n) is 2.20. The van der Waals surface area contributed by atoms with Crippen molar-refractivity contribution in [3.63, 3.8) is 0 Å². The summed E-state index contributed by atoms with van der Waals surface area (Å²) in [6.07, 6.45) is 5.33. The van der Waals surface area contributed by atoms with Gasteiger partial charge in [-0.15, -0.1) is 0 Å². The molecule has 0 amide bonds. The van der Waals surface area contributed by atoms with Crippen molar-refractivity contribution in [3.05, 3.63) is 24.0 Å². The van der Waals surface area contributed by atoms with E-state index in [4.69, 9.17) is 20.6 Å². The first-order chi connectivity index (χ1) is 8.25. The van der Waals surface area contributed by atoms with E-state index in [1.165, 1.54) is 0 Å². The lowest BCUT2D eigenvalue weighted by Gasteiger charge is -2.09. The summed E-state index contributed by atoms with van der Waals surface area (Å²) in [4.78, 5) is 3.94. The van der Waals surface area contributed by atoms with E-state index in [9.17, 15) is 0 Å². The monoisotopic (exact) mass is 237 g/mol. The SMILES string of the molecule is CCCCOCCOc1cnccc1C(=N)N. The van der Waals surface area contributed by atoms with Gasteiger partial charge in [0.25, 0.3) is 0 Å². The second kappa shape index (κ2) is 7.62. The molecule has 0 aliphatic carbocycles. The maximum Gasteiger partial charge on any atom is 0.148 e. The molecule has 3 N–H and O–H groups in total. The summed E-state index contributed by atoms with van der Waals surface area (Å²) in [6, 6.07) is 1.66. The number of nitrogens with one attached hydrogen (secondary N) is 1. The predicted octanol–water partition coefficient (Wildman–Crippen LogP) is 1.56. The number of aromatic nitrogens is 1. The van der Waals surface area contributed by atoms with Crippen LogP contribution in [0, 0.1) is 5.41 Å². The van der Waals surface area contributed by atoms with Gasteiger partial charge >= 0.3 is 0 Å². The van der Waals surface area contributed by atoms with Crippen LogP contribution in [0.5, 0.6) is 5.75 Å². The Hall–Kier alpha value is -1.62. The van der Waals surface area contributed by atoms with Crippen LogP contribution in [0.15, 0.2) is 18.5 Å². The highest BCUT2D eigenvalue weighted by atomic mass is 16.5. The largest absolute Gasteiger partial charge is 0.489 e. The molecule has 0 bridgehead atoms. The van der Waals surface area contributed by atoms with E-state index in [2.05, 4.69) is 11.9 Å². The molecule has 17 heavy (non-hydrogen) atoms. The van der Waals surface area contributed by atoms with E-state index in [1.807, 2.05) is 0 Å². The van der Waals surface area contributed by atoms with E-state index < -0.39 is 0 Å². The summed E-state index contributed by atoms with van der Waals surface area (Å²) in [6.45, 7) is 3.85. The Kier molecular flexibility index (Phi) is 6.03. The fraction of sp³-hybridized carbons (Fsp3) is 0.500. The molecule has 94 valence electrons. The van der Waals surface area contributed by atoms with Crippen molar-refractivity contribution in [3.8, 4) is 5.75 Å². The Balaban J connectivity index is 2.34. The molecule has 1 aromatic heterocycles. The molecule has 0 aromatic carbocycles. The van der Waals surface area contributed by atoms with Gasteiger partial charge in [0.05, 0.1) is 18.4 Å². The van der Waals surface area contributed by atoms with Crippen molar-refractivity contribution in [1.82, 2.24) is 4.98 Å². The number of nitrogens with zero attached hydrogens (tertiary/aromatic N) is 1. The van der Waals surface area contributed by atoms with Gasteiger partial charge in [-0.05, 0) is 12.5 Å². The Morgan fingerprint density at radius 3 is 2.94 bits per heavy atom. The van der Waals surface area contributed by atoms with Gasteiger partial charge in [-0.3, -0.25) is 10.4 Å². The quantitative estimate of drug-likeness (QED) is 0.408. The zero-order valence-corrected chi connectivity index (χ0v) is 10.1. The Bertz CT molecular complexity index is 355. The average molecular weight is 237 g/mol. The van der Waals surface area contributed by atoms with Gasteiger partial charge in [0, 0.05) is 12.8 Å². The third-order valence-corrected chi connectivity index (χ3v) is 2.20. The predicted molar refractivity (Wildman–Crippen MR) is 66.5 cm³/mol. The number of hydrogen-bond donors (Lipinski definition) is 2. The molecule has 0 radical (unpaired) electrons. The lowest BCUT2D eigenvalue weighted by molar-refractivity contribution is 0.0979. The summed E-state index contributed by atoms with van der Waals surface area (Å²) < 4.78 is 10.8. The standard InChI is InChI=1S/C12H19N3O2/c1-2-3-6-16-7-8-17-11-9-15-5-4-10(11)12(13)14/h4-5,9H,2-3,6-8H2,1H3,(H3,13,14). The molecular formula is C12H19N3O2. The highest BCUT2D eigenvalue weighted by Gasteiger charge is 2.05. The Labute approximate surface area is 101 Å². The molecule has 1 rings (SSSR count). The first kappa shape index (κ1) is 13.4. The lowest BCUT2D eigenvalue weighted by Crippen LogP contribution is -2.15. The molecule has 5 heteroatoms. The molecule has 5 nitrogen and oxygen atoms in total. The van der Waals surface area contributed by atoms with E-state index in [0.717, 1.165) is 19.4 Å². The van der Waals surface area contributed by atoms with Gasteiger partial charge in [0.15, 0.2) is 0 Å². The van der Waals surface area contributed by atoms with E-state index in [1.54, 1.807) is 18.5 Å². The second-order valence-electron chi connectivity index (χ2n) is 3.60. The third kappa shape index (κ3) is 4.82. The minimum atomic E-state index is -0.0192. The summed E-state index contributed by atoms with van der Waals surface area (Å²) in [5.74, 6) is 0.508. The van der Waals surface area contributed by atoms with Crippen molar-refractivity contribution >= 4 is 5.84 Å². The maximum absolute atomic E-state index is 7.39. The molecule has 1 aromatic rings. The van der Waals surface area contributed by atoms with Crippen LogP contribution in [0.3, 0.4) is 0 Å². The van der Waals surface area contributed by atoms with Crippen LogP contribution in [0.25, 0.3) is 0 Å². The topological polar surface area (TPSA) is 81.2 Å². The lowest BCUT2D eigenvalue weighted by atomic mass is 10.2. The van der Waals surface area contributed by atoms with Crippen LogP contribution in [0.1, 0.15) is 25.3 Å². The summed E-state index contributed by atoms with van der Waals surface area (Å²) in [7, 11) is 0. The Morgan fingerprint density at radius 1 is 1.41 bits per heavy atom. The van der Waals surface area contributed by atoms with Crippen molar-refractivity contribution in [1.29, 1.82) is 5.41 Å². The number of pyridine rings is 1. The van der Waals surface area contributed by atoms with Gasteiger partial charge in [0.2, 0.25) is 0 Å². The molecule has 0 saturated heterocycles. The second-order valence-corrected chi connectivity index (χ2v) is 3.60. The molecular weight excluding hydrogens is 218 g/mol. The van der Waals surface area contributed by atoms with Crippen LogP contribution < -0.4 is 10.5 Å². The highest BCUT2D eigenvalue weighted by molar-refractivity contribution is 5.97. The Morgan fingerprint density at radius 2 is 2.24 bits per heavy atom. The fourth-order valence-corrected chi connectivity index (χ4v) is 1.28. The molecule has 0 aliphatic heterocycles. The van der Waals surface area contributed by atoms with Crippen LogP contribution >= 0.6 is 0 Å². The molecule has 0 spiro atoms. The number of unbranched alkanes of at least 4 members (excludes halogenated alkanes) is 1. The molecule has 1 heterocycles. The molecule has 0 atom stereocenters. The fourth-order valence-electron chi connectivity index (χ4n) is 1.28. The first-order valence-electron chi connectivity index (χ1n) is 5.74. The van der Waals surface area contributed by atoms with Crippen LogP contribution in [-0.4, -0.2) is 30.6 Å². The van der Waals surface area contributed by atoms with Crippen LogP contribution in [0.4, 0.5) is 0 Å². The zero-order valence-electron chi connectivity index (χ0n) is 10.1. The molecule has 0 unspecified atom stereocenters. The van der Waals surface area contributed by atoms with Gasteiger partial charge in [-0.25, -0.2) is 0 Å². The number of amidine groups is 1. The number of rotatable bonds is 8. The zero-order chi connectivity index (χ0) is 12.5. The number of nitrogens with two attached hydrogens (primary N) is 1. The minimum absolute atomic E-state index is 0.0192. The van der Waals surface area contributed by atoms with Gasteiger partial charge in [-0.2, -0.15) is 0 Å². The summed E-state index contributed by atoms with van der Waals surface area (Å²) in [5.41, 5.74) is 5.99. The van der Waals surface area contributed by atoms with Crippen molar-refractivity contribution in [2.75, 3.05) is 19.8 Å². The van der Waals surface area contributed by atoms with Crippen LogP contribution in [0.2, 0.25) is 0 Å². The van der Waals surface area contributed by atoms with Crippen LogP contribution in [-0.2, 0) is 4.74 Å². The van der Waals surface area contributed by atoms with E-state index in [-0.39, 0.29) is 5.84 Å². The highest BCUT2D eigenvalue weighted by Crippen LogP contribution is 2.15. The van der Waals surface area contributed by atoms with Gasteiger partial charge < -0.3 is 15.2 Å². The molecule has 0 saturated carbocycles. The first-order valence-corrected chi connectivity index (χ1v) is 5.74. The van der Waals surface area contributed by atoms with E-state index >= 15 is 0 Å². The van der Waals surface area contributed by atoms with Crippen molar-refractivity contribution < 1.29 is 9.47 Å².